The zero-order valence-corrected chi connectivity index (χ0v) is 14.7. The average Bonchev–Trinajstić information content (AvgIpc) is 3.11. The van der Waals surface area contributed by atoms with Crippen molar-refractivity contribution in [3.05, 3.63) is 15.6 Å². The van der Waals surface area contributed by atoms with Gasteiger partial charge in [-0.2, -0.15) is 0 Å². The van der Waals surface area contributed by atoms with Gasteiger partial charge in [0.2, 0.25) is 0 Å². The summed E-state index contributed by atoms with van der Waals surface area (Å²) in [6, 6.07) is 0.260. The van der Waals surface area contributed by atoms with Crippen molar-refractivity contribution < 1.29 is 0 Å². The van der Waals surface area contributed by atoms with Gasteiger partial charge in [0.25, 0.3) is 0 Å². The van der Waals surface area contributed by atoms with Crippen LogP contribution in [0.1, 0.15) is 55.1 Å². The van der Waals surface area contributed by atoms with Crippen molar-refractivity contribution in [1.82, 2.24) is 15.3 Å². The largest absolute Gasteiger partial charge is 0.296 e. The summed E-state index contributed by atoms with van der Waals surface area (Å²) in [4.78, 5) is 8.69. The first kappa shape index (κ1) is 16.9. The third kappa shape index (κ3) is 3.31. The number of nitrogens with two attached hydrogens (primary N) is 1. The Morgan fingerprint density at radius 2 is 1.90 bits per heavy atom. The van der Waals surface area contributed by atoms with Crippen molar-refractivity contribution in [2.75, 3.05) is 13.1 Å². The standard InChI is InChI=1S/C16H30N4S/c1-5-16(6-2,20-9-7-8-10-20)14(19-17)11-15-18-12(3)13(4)21-15/h14,19H,5-11,17H2,1-4H3. The molecule has 1 aliphatic rings. The number of rotatable bonds is 7. The highest BCUT2D eigenvalue weighted by Gasteiger charge is 2.42. The van der Waals surface area contributed by atoms with Crippen LogP contribution in [0.3, 0.4) is 0 Å². The first-order chi connectivity index (χ1) is 10.1. The predicted molar refractivity (Wildman–Crippen MR) is 90.5 cm³/mol. The summed E-state index contributed by atoms with van der Waals surface area (Å²) in [5, 5.41) is 1.21. The van der Waals surface area contributed by atoms with Gasteiger partial charge in [0.15, 0.2) is 0 Å². The first-order valence-corrected chi connectivity index (χ1v) is 9.03. The normalized spacial score (nSPS) is 18.3. The third-order valence-corrected chi connectivity index (χ3v) is 6.36. The van der Waals surface area contributed by atoms with Crippen molar-refractivity contribution in [2.45, 2.75) is 71.4 Å². The number of hydrogen-bond donors (Lipinski definition) is 2. The maximum Gasteiger partial charge on any atom is 0.0947 e. The van der Waals surface area contributed by atoms with E-state index in [4.69, 9.17) is 10.8 Å². The molecule has 1 aliphatic heterocycles. The number of thiazole rings is 1. The second kappa shape index (κ2) is 7.18. The second-order valence-corrected chi connectivity index (χ2v) is 7.47. The Labute approximate surface area is 133 Å². The Bertz CT molecular complexity index is 428. The van der Waals surface area contributed by atoms with E-state index in [-0.39, 0.29) is 11.6 Å². The Balaban J connectivity index is 2.22. The molecule has 0 aromatic carbocycles. The van der Waals surface area contributed by atoms with Gasteiger partial charge >= 0.3 is 0 Å². The Morgan fingerprint density at radius 3 is 2.33 bits per heavy atom. The third-order valence-electron chi connectivity index (χ3n) is 5.26. The van der Waals surface area contributed by atoms with Crippen LogP contribution in [-0.2, 0) is 6.42 Å². The molecule has 2 heterocycles. The summed E-state index contributed by atoms with van der Waals surface area (Å²) in [5.41, 5.74) is 4.43. The lowest BCUT2D eigenvalue weighted by atomic mass is 9.81. The van der Waals surface area contributed by atoms with E-state index in [1.54, 1.807) is 0 Å². The van der Waals surface area contributed by atoms with Crippen LogP contribution in [-0.4, -0.2) is 34.6 Å². The lowest BCUT2D eigenvalue weighted by Gasteiger charge is -2.46. The van der Waals surface area contributed by atoms with Crippen LogP contribution in [0, 0.1) is 13.8 Å². The van der Waals surface area contributed by atoms with Gasteiger partial charge in [0, 0.05) is 22.9 Å². The molecule has 2 rings (SSSR count). The van der Waals surface area contributed by atoms with Crippen molar-refractivity contribution in [3.8, 4) is 0 Å². The minimum absolute atomic E-state index is 0.152. The lowest BCUT2D eigenvalue weighted by Crippen LogP contribution is -2.62. The van der Waals surface area contributed by atoms with Crippen molar-refractivity contribution in [3.63, 3.8) is 0 Å². The molecular formula is C16H30N4S. The van der Waals surface area contributed by atoms with Gasteiger partial charge in [-0.05, 0) is 52.6 Å². The fraction of sp³-hybridized carbons (Fsp3) is 0.812. The van der Waals surface area contributed by atoms with Gasteiger partial charge in [0.05, 0.1) is 10.7 Å². The van der Waals surface area contributed by atoms with Gasteiger partial charge in [-0.3, -0.25) is 16.2 Å². The molecular weight excluding hydrogens is 280 g/mol. The van der Waals surface area contributed by atoms with Gasteiger partial charge in [0.1, 0.15) is 0 Å². The molecule has 1 atom stereocenters. The fourth-order valence-corrected chi connectivity index (χ4v) is 4.76. The van der Waals surface area contributed by atoms with Crippen LogP contribution in [0.4, 0.5) is 0 Å². The number of nitrogens with one attached hydrogen (secondary N) is 1. The van der Waals surface area contributed by atoms with E-state index < -0.39 is 0 Å². The Kier molecular flexibility index (Phi) is 5.77. The Morgan fingerprint density at radius 1 is 1.29 bits per heavy atom. The highest BCUT2D eigenvalue weighted by atomic mass is 32.1. The lowest BCUT2D eigenvalue weighted by molar-refractivity contribution is 0.0620. The molecule has 0 radical (unpaired) electrons. The van der Waals surface area contributed by atoms with E-state index in [0.29, 0.717) is 0 Å². The first-order valence-electron chi connectivity index (χ1n) is 8.21. The smallest absolute Gasteiger partial charge is 0.0947 e. The van der Waals surface area contributed by atoms with Crippen LogP contribution in [0.25, 0.3) is 0 Å². The SMILES string of the molecule is CCC(CC)(C(Cc1nc(C)c(C)s1)NN)N1CCCC1. The maximum absolute atomic E-state index is 5.97. The van der Waals surface area contributed by atoms with Crippen LogP contribution in [0.5, 0.6) is 0 Å². The molecule has 0 saturated carbocycles. The van der Waals surface area contributed by atoms with E-state index in [0.717, 1.165) is 25.0 Å². The summed E-state index contributed by atoms with van der Waals surface area (Å²) in [6.07, 6.45) is 5.81. The number of likely N-dealkylation sites (tertiary alicyclic amines) is 1. The van der Waals surface area contributed by atoms with Gasteiger partial charge in [-0.25, -0.2) is 4.98 Å². The molecule has 1 unspecified atom stereocenters. The molecule has 0 spiro atoms. The van der Waals surface area contributed by atoms with E-state index >= 15 is 0 Å². The molecule has 0 bridgehead atoms. The maximum atomic E-state index is 5.97. The van der Waals surface area contributed by atoms with Gasteiger partial charge in [-0.1, -0.05) is 13.8 Å². The van der Waals surface area contributed by atoms with Crippen molar-refractivity contribution in [1.29, 1.82) is 0 Å². The molecule has 1 aromatic rings. The zero-order chi connectivity index (χ0) is 15.5. The minimum atomic E-state index is 0.152. The van der Waals surface area contributed by atoms with Crippen molar-refractivity contribution in [2.24, 2.45) is 5.84 Å². The summed E-state index contributed by atoms with van der Waals surface area (Å²) in [7, 11) is 0. The monoisotopic (exact) mass is 310 g/mol. The molecule has 120 valence electrons. The highest BCUT2D eigenvalue weighted by Crippen LogP contribution is 2.33. The molecule has 5 heteroatoms. The number of aromatic nitrogens is 1. The topological polar surface area (TPSA) is 54.2 Å². The molecule has 1 saturated heterocycles. The molecule has 0 aliphatic carbocycles. The van der Waals surface area contributed by atoms with Crippen LogP contribution in [0.15, 0.2) is 0 Å². The molecule has 1 fully saturated rings. The summed E-state index contributed by atoms with van der Waals surface area (Å²) >= 11 is 1.81. The number of hydrazine groups is 1. The quantitative estimate of drug-likeness (QED) is 0.600. The van der Waals surface area contributed by atoms with E-state index in [1.165, 1.54) is 35.8 Å². The highest BCUT2D eigenvalue weighted by molar-refractivity contribution is 7.11. The summed E-state index contributed by atoms with van der Waals surface area (Å²) < 4.78 is 0. The average molecular weight is 311 g/mol. The summed E-state index contributed by atoms with van der Waals surface area (Å²) in [6.45, 7) is 11.2. The van der Waals surface area contributed by atoms with E-state index in [2.05, 4.69) is 38.0 Å². The van der Waals surface area contributed by atoms with Crippen LogP contribution in [0.2, 0.25) is 0 Å². The van der Waals surface area contributed by atoms with Gasteiger partial charge < -0.3 is 0 Å². The minimum Gasteiger partial charge on any atom is -0.296 e. The molecule has 0 amide bonds. The second-order valence-electron chi connectivity index (χ2n) is 6.18. The van der Waals surface area contributed by atoms with E-state index in [9.17, 15) is 0 Å². The number of hydrogen-bond acceptors (Lipinski definition) is 5. The van der Waals surface area contributed by atoms with Gasteiger partial charge in [-0.15, -0.1) is 11.3 Å². The molecule has 1 aromatic heterocycles. The molecule has 3 N–H and O–H groups in total. The number of nitrogens with zero attached hydrogens (tertiary/aromatic N) is 2. The van der Waals surface area contributed by atoms with E-state index in [1.807, 2.05) is 11.3 Å². The fourth-order valence-electron chi connectivity index (χ4n) is 3.78. The molecule has 4 nitrogen and oxygen atoms in total. The molecule has 21 heavy (non-hydrogen) atoms. The number of aryl methyl sites for hydroxylation is 2. The predicted octanol–water partition coefficient (Wildman–Crippen LogP) is 2.79. The van der Waals surface area contributed by atoms with Crippen LogP contribution < -0.4 is 11.3 Å². The van der Waals surface area contributed by atoms with Crippen molar-refractivity contribution >= 4 is 11.3 Å². The van der Waals surface area contributed by atoms with Crippen LogP contribution >= 0.6 is 11.3 Å². The summed E-state index contributed by atoms with van der Waals surface area (Å²) in [5.74, 6) is 5.97. The Hall–Kier alpha value is -0.490. The zero-order valence-electron chi connectivity index (χ0n) is 13.9.